The van der Waals surface area contributed by atoms with Crippen molar-refractivity contribution in [3.63, 3.8) is 0 Å². The number of hydrogen-bond donors (Lipinski definition) is 0. The molecular weight excluding hydrogens is 318 g/mol. The molecule has 1 aromatic rings. The summed E-state index contributed by atoms with van der Waals surface area (Å²) in [5, 5.41) is 3.89. The Morgan fingerprint density at radius 1 is 1.20 bits per heavy atom. The van der Waals surface area contributed by atoms with Gasteiger partial charge in [0.05, 0.1) is 11.1 Å². The average molecular weight is 345 g/mol. The number of aromatic nitrogens is 1. The zero-order valence-corrected chi connectivity index (χ0v) is 15.2. The molecule has 3 fully saturated rings. The first-order valence-corrected chi connectivity index (χ1v) is 9.52. The highest BCUT2D eigenvalue weighted by Gasteiger charge is 2.47. The van der Waals surface area contributed by atoms with Crippen molar-refractivity contribution >= 4 is 11.8 Å². The third-order valence-electron chi connectivity index (χ3n) is 6.25. The third kappa shape index (κ3) is 2.96. The van der Waals surface area contributed by atoms with Gasteiger partial charge in [-0.25, -0.2) is 0 Å². The molecule has 0 radical (unpaired) electrons. The van der Waals surface area contributed by atoms with Gasteiger partial charge in [-0.05, 0) is 58.3 Å². The van der Waals surface area contributed by atoms with E-state index in [0.29, 0.717) is 36.0 Å². The standard InChI is InChI=1S/C19H27N3O3/c1-13-16(14(2)25-20-13)17(23)21-10-7-19(8-11-21)6-3-9-22(18(19)24)12-15-4-5-15/h15H,3-12H2,1-2H3. The van der Waals surface area contributed by atoms with Crippen molar-refractivity contribution in [2.24, 2.45) is 11.3 Å². The molecule has 0 unspecified atom stereocenters. The van der Waals surface area contributed by atoms with Crippen LogP contribution in [0.25, 0.3) is 0 Å². The summed E-state index contributed by atoms with van der Waals surface area (Å²) >= 11 is 0. The summed E-state index contributed by atoms with van der Waals surface area (Å²) in [5.41, 5.74) is 0.997. The number of amides is 2. The Hall–Kier alpha value is -1.85. The van der Waals surface area contributed by atoms with E-state index in [1.807, 2.05) is 4.90 Å². The maximum atomic E-state index is 13.1. The van der Waals surface area contributed by atoms with Gasteiger partial charge in [0, 0.05) is 26.2 Å². The maximum Gasteiger partial charge on any atom is 0.259 e. The van der Waals surface area contributed by atoms with Crippen LogP contribution in [0.15, 0.2) is 4.52 Å². The Morgan fingerprint density at radius 2 is 1.92 bits per heavy atom. The molecule has 3 aliphatic rings. The lowest BCUT2D eigenvalue weighted by Crippen LogP contribution is -2.54. The van der Waals surface area contributed by atoms with Crippen molar-refractivity contribution in [2.45, 2.75) is 52.4 Å². The minimum atomic E-state index is -0.233. The van der Waals surface area contributed by atoms with E-state index >= 15 is 0 Å². The number of nitrogens with zero attached hydrogens (tertiary/aromatic N) is 3. The van der Waals surface area contributed by atoms with Gasteiger partial charge in [0.2, 0.25) is 5.91 Å². The van der Waals surface area contributed by atoms with Gasteiger partial charge in [-0.2, -0.15) is 0 Å². The number of likely N-dealkylation sites (tertiary alicyclic amines) is 2. The van der Waals surface area contributed by atoms with Crippen LogP contribution < -0.4 is 0 Å². The number of hydrogen-bond acceptors (Lipinski definition) is 4. The van der Waals surface area contributed by atoms with Crippen molar-refractivity contribution < 1.29 is 14.1 Å². The molecule has 2 aliphatic heterocycles. The topological polar surface area (TPSA) is 66.7 Å². The highest BCUT2D eigenvalue weighted by Crippen LogP contribution is 2.42. The fourth-order valence-electron chi connectivity index (χ4n) is 4.49. The second-order valence-corrected chi connectivity index (χ2v) is 8.07. The lowest BCUT2D eigenvalue weighted by atomic mass is 9.71. The number of rotatable bonds is 3. The minimum absolute atomic E-state index is 0.0100. The molecule has 6 nitrogen and oxygen atoms in total. The van der Waals surface area contributed by atoms with Crippen LogP contribution in [0.2, 0.25) is 0 Å². The van der Waals surface area contributed by atoms with E-state index in [-0.39, 0.29) is 11.3 Å². The molecule has 1 saturated carbocycles. The molecule has 1 aromatic heterocycles. The molecule has 2 saturated heterocycles. The first kappa shape index (κ1) is 16.6. The predicted octanol–water partition coefficient (Wildman–Crippen LogP) is 2.55. The molecule has 0 N–H and O–H groups in total. The zero-order valence-electron chi connectivity index (χ0n) is 15.2. The van der Waals surface area contributed by atoms with Crippen LogP contribution in [0, 0.1) is 25.2 Å². The van der Waals surface area contributed by atoms with Crippen molar-refractivity contribution in [3.05, 3.63) is 17.0 Å². The predicted molar refractivity (Wildman–Crippen MR) is 92.1 cm³/mol. The first-order valence-electron chi connectivity index (χ1n) is 9.52. The molecule has 25 heavy (non-hydrogen) atoms. The van der Waals surface area contributed by atoms with E-state index in [4.69, 9.17) is 4.52 Å². The first-order chi connectivity index (χ1) is 12.0. The van der Waals surface area contributed by atoms with Gasteiger partial charge < -0.3 is 14.3 Å². The highest BCUT2D eigenvalue weighted by atomic mass is 16.5. The molecule has 1 aliphatic carbocycles. The molecular formula is C19H27N3O3. The molecule has 0 bridgehead atoms. The third-order valence-corrected chi connectivity index (χ3v) is 6.25. The van der Waals surface area contributed by atoms with Crippen LogP contribution in [0.1, 0.15) is 60.3 Å². The van der Waals surface area contributed by atoms with Gasteiger partial charge in [-0.1, -0.05) is 5.16 Å². The van der Waals surface area contributed by atoms with Crippen LogP contribution in [0.3, 0.4) is 0 Å². The second-order valence-electron chi connectivity index (χ2n) is 8.07. The van der Waals surface area contributed by atoms with E-state index in [1.165, 1.54) is 12.8 Å². The largest absolute Gasteiger partial charge is 0.361 e. The van der Waals surface area contributed by atoms with Crippen LogP contribution in [0.5, 0.6) is 0 Å². The van der Waals surface area contributed by atoms with Crippen molar-refractivity contribution in [2.75, 3.05) is 26.2 Å². The second kappa shape index (κ2) is 6.15. The van der Waals surface area contributed by atoms with Crippen molar-refractivity contribution in [1.82, 2.24) is 15.0 Å². The summed E-state index contributed by atoms with van der Waals surface area (Å²) in [5.74, 6) is 1.65. The normalized spacial score (nSPS) is 23.4. The Balaban J connectivity index is 1.43. The summed E-state index contributed by atoms with van der Waals surface area (Å²) in [6.45, 7) is 6.73. The Kier molecular flexibility index (Phi) is 4.08. The van der Waals surface area contributed by atoms with Gasteiger partial charge in [0.15, 0.2) is 0 Å². The highest BCUT2D eigenvalue weighted by molar-refractivity contribution is 5.96. The van der Waals surface area contributed by atoms with Crippen LogP contribution in [-0.4, -0.2) is 52.9 Å². The molecule has 4 rings (SSSR count). The molecule has 136 valence electrons. The van der Waals surface area contributed by atoms with Gasteiger partial charge in [-0.15, -0.1) is 0 Å². The summed E-state index contributed by atoms with van der Waals surface area (Å²) in [7, 11) is 0. The lowest BCUT2D eigenvalue weighted by molar-refractivity contribution is -0.149. The average Bonchev–Trinajstić information content (AvgIpc) is 3.36. The van der Waals surface area contributed by atoms with E-state index in [1.54, 1.807) is 13.8 Å². The van der Waals surface area contributed by atoms with E-state index in [9.17, 15) is 9.59 Å². The molecule has 0 atom stereocenters. The number of aryl methyl sites for hydroxylation is 2. The number of piperidine rings is 2. The number of carbonyl (C=O) groups excluding carboxylic acids is 2. The monoisotopic (exact) mass is 345 g/mol. The Morgan fingerprint density at radius 3 is 2.52 bits per heavy atom. The van der Waals surface area contributed by atoms with Gasteiger partial charge in [-0.3, -0.25) is 9.59 Å². The van der Waals surface area contributed by atoms with Crippen molar-refractivity contribution in [1.29, 1.82) is 0 Å². The van der Waals surface area contributed by atoms with Crippen molar-refractivity contribution in [3.8, 4) is 0 Å². The van der Waals surface area contributed by atoms with Gasteiger partial charge in [0.1, 0.15) is 11.3 Å². The van der Waals surface area contributed by atoms with Crippen LogP contribution in [-0.2, 0) is 4.79 Å². The fourth-order valence-corrected chi connectivity index (χ4v) is 4.49. The Bertz CT molecular complexity index is 665. The fraction of sp³-hybridized carbons (Fsp3) is 0.737. The van der Waals surface area contributed by atoms with Gasteiger partial charge >= 0.3 is 0 Å². The smallest absolute Gasteiger partial charge is 0.259 e. The zero-order chi connectivity index (χ0) is 17.6. The van der Waals surface area contributed by atoms with E-state index in [2.05, 4.69) is 10.1 Å². The molecule has 1 spiro atoms. The summed E-state index contributed by atoms with van der Waals surface area (Å²) in [6, 6.07) is 0. The minimum Gasteiger partial charge on any atom is -0.361 e. The summed E-state index contributed by atoms with van der Waals surface area (Å²) < 4.78 is 5.13. The van der Waals surface area contributed by atoms with Crippen LogP contribution in [0.4, 0.5) is 0 Å². The van der Waals surface area contributed by atoms with Gasteiger partial charge in [0.25, 0.3) is 5.91 Å². The molecule has 0 aromatic carbocycles. The SMILES string of the molecule is Cc1noc(C)c1C(=O)N1CCC2(CCCN(CC3CC3)C2=O)CC1. The van der Waals surface area contributed by atoms with Crippen LogP contribution >= 0.6 is 0 Å². The number of carbonyl (C=O) groups is 2. The quantitative estimate of drug-likeness (QED) is 0.844. The summed E-state index contributed by atoms with van der Waals surface area (Å²) in [6.07, 6.45) is 6.17. The lowest BCUT2D eigenvalue weighted by Gasteiger charge is -2.46. The molecule has 6 heteroatoms. The Labute approximate surface area is 148 Å². The molecule has 3 heterocycles. The summed E-state index contributed by atoms with van der Waals surface area (Å²) in [4.78, 5) is 29.9. The van der Waals surface area contributed by atoms with E-state index < -0.39 is 0 Å². The molecule has 2 amide bonds. The maximum absolute atomic E-state index is 13.1. The van der Waals surface area contributed by atoms with E-state index in [0.717, 1.165) is 44.7 Å².